The van der Waals surface area contributed by atoms with Gasteiger partial charge >= 0.3 is 0 Å². The van der Waals surface area contributed by atoms with Crippen LogP contribution in [0.1, 0.15) is 20.3 Å². The summed E-state index contributed by atoms with van der Waals surface area (Å²) >= 11 is 2.09. The second-order valence-corrected chi connectivity index (χ2v) is 3.41. The summed E-state index contributed by atoms with van der Waals surface area (Å²) in [7, 11) is 0. The molecule has 2 atom stereocenters. The molecular weight excluding hydrogens is 92.1 g/mol. The second kappa shape index (κ2) is 1.45. The Bertz CT molecular complexity index is 49.9. The van der Waals surface area contributed by atoms with Gasteiger partial charge in [-0.2, -0.15) is 11.8 Å². The number of hydrogen-bond acceptors (Lipinski definition) is 1. The first-order chi connectivity index (χ1) is 2.84. The molecule has 1 saturated heterocycles. The van der Waals surface area contributed by atoms with E-state index in [-0.39, 0.29) is 0 Å². The van der Waals surface area contributed by atoms with Gasteiger partial charge in [-0.05, 0) is 6.42 Å². The van der Waals surface area contributed by atoms with Gasteiger partial charge in [0.1, 0.15) is 0 Å². The molecule has 1 fully saturated rings. The van der Waals surface area contributed by atoms with Crippen molar-refractivity contribution in [3.8, 4) is 0 Å². The van der Waals surface area contributed by atoms with Crippen molar-refractivity contribution in [2.75, 3.05) is 0 Å². The fourth-order valence-corrected chi connectivity index (χ4v) is 1.50. The minimum atomic E-state index is 0.981. The summed E-state index contributed by atoms with van der Waals surface area (Å²) < 4.78 is 0. The Morgan fingerprint density at radius 3 is 2.17 bits per heavy atom. The standard InChI is InChI=1S/C5H10S/c1-3-5-4(2)6-5/h4-5H,3H2,1-2H3/t4-,5-/m0/s1. The third-order valence-corrected chi connectivity index (χ3v) is 2.77. The third-order valence-electron chi connectivity index (χ3n) is 1.24. The fraction of sp³-hybridized carbons (Fsp3) is 1.00. The lowest BCUT2D eigenvalue weighted by Gasteiger charge is -1.75. The van der Waals surface area contributed by atoms with Crippen LogP contribution in [0.15, 0.2) is 0 Å². The van der Waals surface area contributed by atoms with Crippen LogP contribution in [0, 0.1) is 0 Å². The predicted octanol–water partition coefficient (Wildman–Crippen LogP) is 1.90. The quantitative estimate of drug-likeness (QED) is 0.456. The Balaban J connectivity index is 2.09. The van der Waals surface area contributed by atoms with Crippen LogP contribution in [0.3, 0.4) is 0 Å². The van der Waals surface area contributed by atoms with Crippen LogP contribution in [0.25, 0.3) is 0 Å². The van der Waals surface area contributed by atoms with E-state index in [4.69, 9.17) is 0 Å². The fourth-order valence-electron chi connectivity index (χ4n) is 0.659. The second-order valence-electron chi connectivity index (χ2n) is 1.79. The predicted molar refractivity (Wildman–Crippen MR) is 31.1 cm³/mol. The molecular formula is C5H10S. The molecule has 0 saturated carbocycles. The maximum atomic E-state index is 2.29. The first-order valence-electron chi connectivity index (χ1n) is 2.50. The Hall–Kier alpha value is 0.350. The van der Waals surface area contributed by atoms with Gasteiger partial charge in [0.25, 0.3) is 0 Å². The first-order valence-corrected chi connectivity index (χ1v) is 3.44. The van der Waals surface area contributed by atoms with E-state index in [1.54, 1.807) is 0 Å². The molecule has 0 nitrogen and oxygen atoms in total. The zero-order valence-electron chi connectivity index (χ0n) is 4.27. The van der Waals surface area contributed by atoms with Crippen molar-refractivity contribution < 1.29 is 0 Å². The average molecular weight is 102 g/mol. The van der Waals surface area contributed by atoms with Gasteiger partial charge in [0, 0.05) is 10.5 Å². The molecule has 0 aromatic heterocycles. The van der Waals surface area contributed by atoms with Crippen molar-refractivity contribution in [3.63, 3.8) is 0 Å². The minimum absolute atomic E-state index is 0.981. The van der Waals surface area contributed by atoms with E-state index in [2.05, 4.69) is 25.6 Å². The van der Waals surface area contributed by atoms with E-state index < -0.39 is 0 Å². The van der Waals surface area contributed by atoms with E-state index in [9.17, 15) is 0 Å². The molecule has 1 rings (SSSR count). The van der Waals surface area contributed by atoms with E-state index in [0.717, 1.165) is 10.5 Å². The van der Waals surface area contributed by atoms with Gasteiger partial charge in [0.05, 0.1) is 0 Å². The summed E-state index contributed by atoms with van der Waals surface area (Å²) in [6.45, 7) is 4.54. The molecule has 0 aromatic carbocycles. The Morgan fingerprint density at radius 1 is 1.67 bits per heavy atom. The molecule has 0 spiro atoms. The highest BCUT2D eigenvalue weighted by Gasteiger charge is 2.30. The molecule has 0 aliphatic carbocycles. The molecule has 6 heavy (non-hydrogen) atoms. The van der Waals surface area contributed by atoms with Crippen LogP contribution in [0.5, 0.6) is 0 Å². The van der Waals surface area contributed by atoms with Crippen molar-refractivity contribution in [2.45, 2.75) is 30.8 Å². The van der Waals surface area contributed by atoms with Gasteiger partial charge < -0.3 is 0 Å². The number of rotatable bonds is 1. The molecule has 1 aliphatic rings. The van der Waals surface area contributed by atoms with Crippen LogP contribution >= 0.6 is 11.8 Å². The number of thioether (sulfide) groups is 1. The third kappa shape index (κ3) is 0.700. The van der Waals surface area contributed by atoms with Crippen molar-refractivity contribution in [3.05, 3.63) is 0 Å². The molecule has 0 N–H and O–H groups in total. The summed E-state index contributed by atoms with van der Waals surface area (Å²) in [6, 6.07) is 0. The lowest BCUT2D eigenvalue weighted by atomic mass is 10.3. The topological polar surface area (TPSA) is 0 Å². The first kappa shape index (κ1) is 4.51. The van der Waals surface area contributed by atoms with Gasteiger partial charge in [-0.3, -0.25) is 0 Å². The van der Waals surface area contributed by atoms with Gasteiger partial charge in [0.15, 0.2) is 0 Å². The Morgan fingerprint density at radius 2 is 2.17 bits per heavy atom. The maximum Gasteiger partial charge on any atom is 0.0164 e. The molecule has 0 radical (unpaired) electrons. The molecule has 0 bridgehead atoms. The summed E-state index contributed by atoms with van der Waals surface area (Å²) in [5.74, 6) is 0. The molecule has 0 unspecified atom stereocenters. The van der Waals surface area contributed by atoms with Crippen LogP contribution < -0.4 is 0 Å². The number of hydrogen-bond donors (Lipinski definition) is 0. The van der Waals surface area contributed by atoms with Crippen LogP contribution in [0.4, 0.5) is 0 Å². The lowest BCUT2D eigenvalue weighted by molar-refractivity contribution is 0.894. The lowest BCUT2D eigenvalue weighted by Crippen LogP contribution is -1.81. The molecule has 0 aromatic rings. The van der Waals surface area contributed by atoms with E-state index in [0.29, 0.717) is 0 Å². The monoisotopic (exact) mass is 102 g/mol. The van der Waals surface area contributed by atoms with Crippen LogP contribution in [0.2, 0.25) is 0 Å². The highest BCUT2D eigenvalue weighted by Crippen LogP contribution is 2.42. The summed E-state index contributed by atoms with van der Waals surface area (Å²) in [6.07, 6.45) is 1.37. The van der Waals surface area contributed by atoms with Gasteiger partial charge in [-0.1, -0.05) is 13.8 Å². The normalized spacial score (nSPS) is 43.0. The molecule has 36 valence electrons. The maximum absolute atomic E-state index is 2.29. The van der Waals surface area contributed by atoms with Gasteiger partial charge in [-0.25, -0.2) is 0 Å². The van der Waals surface area contributed by atoms with Gasteiger partial charge in [-0.15, -0.1) is 0 Å². The minimum Gasteiger partial charge on any atom is -0.153 e. The molecule has 1 heteroatoms. The van der Waals surface area contributed by atoms with E-state index in [1.807, 2.05) is 0 Å². The molecule has 1 heterocycles. The highest BCUT2D eigenvalue weighted by molar-refractivity contribution is 8.07. The average Bonchev–Trinajstić information content (AvgIpc) is 2.19. The van der Waals surface area contributed by atoms with Crippen LogP contribution in [-0.4, -0.2) is 10.5 Å². The summed E-state index contributed by atoms with van der Waals surface area (Å²) in [5.41, 5.74) is 0. The van der Waals surface area contributed by atoms with Crippen molar-refractivity contribution >= 4 is 11.8 Å². The largest absolute Gasteiger partial charge is 0.153 e. The van der Waals surface area contributed by atoms with Crippen LogP contribution in [-0.2, 0) is 0 Å². The van der Waals surface area contributed by atoms with E-state index in [1.165, 1.54) is 6.42 Å². The zero-order chi connectivity index (χ0) is 4.57. The molecule has 1 aliphatic heterocycles. The Kier molecular flexibility index (Phi) is 1.09. The summed E-state index contributed by atoms with van der Waals surface area (Å²) in [5, 5.41) is 2.00. The summed E-state index contributed by atoms with van der Waals surface area (Å²) in [4.78, 5) is 0. The smallest absolute Gasteiger partial charge is 0.0164 e. The molecule has 0 amide bonds. The van der Waals surface area contributed by atoms with Crippen molar-refractivity contribution in [1.29, 1.82) is 0 Å². The Labute approximate surface area is 43.3 Å². The highest BCUT2D eigenvalue weighted by atomic mass is 32.2. The van der Waals surface area contributed by atoms with Crippen molar-refractivity contribution in [1.82, 2.24) is 0 Å². The van der Waals surface area contributed by atoms with Crippen molar-refractivity contribution in [2.24, 2.45) is 0 Å². The zero-order valence-corrected chi connectivity index (χ0v) is 5.09. The van der Waals surface area contributed by atoms with Gasteiger partial charge in [0.2, 0.25) is 0 Å². The SMILES string of the molecule is CC[C@@H]1S[C@H]1C. The van der Waals surface area contributed by atoms with E-state index >= 15 is 0 Å².